The lowest BCUT2D eigenvalue weighted by atomic mass is 9.64. The third-order valence-electron chi connectivity index (χ3n) is 5.17. The van der Waals surface area contributed by atoms with Crippen LogP contribution in [0.2, 0.25) is 0 Å². The lowest BCUT2D eigenvalue weighted by Gasteiger charge is -2.39. The van der Waals surface area contributed by atoms with Gasteiger partial charge in [-0.2, -0.15) is 0 Å². The molecule has 8 heteroatoms. The number of ketones is 1. The lowest BCUT2D eigenvalue weighted by Crippen LogP contribution is -2.49. The maximum absolute atomic E-state index is 13.5. The Bertz CT molecular complexity index is 1030. The molecule has 0 fully saturated rings. The van der Waals surface area contributed by atoms with Gasteiger partial charge in [0.2, 0.25) is 11.8 Å². The summed E-state index contributed by atoms with van der Waals surface area (Å²) in [6.07, 6.45) is 1.32. The summed E-state index contributed by atoms with van der Waals surface area (Å²) in [4.78, 5) is 39.8. The van der Waals surface area contributed by atoms with Crippen LogP contribution in [0.15, 0.2) is 45.5 Å². The molecule has 3 aliphatic rings. The van der Waals surface area contributed by atoms with Crippen LogP contribution >= 0.6 is 15.9 Å². The summed E-state index contributed by atoms with van der Waals surface area (Å²) in [5.74, 6) is -1.41. The average molecular weight is 461 g/mol. The van der Waals surface area contributed by atoms with E-state index in [2.05, 4.69) is 21.2 Å². The van der Waals surface area contributed by atoms with Crippen LogP contribution in [-0.2, 0) is 29.3 Å². The van der Waals surface area contributed by atoms with Gasteiger partial charge in [-0.05, 0) is 45.4 Å². The third kappa shape index (κ3) is 2.88. The Kier molecular flexibility index (Phi) is 4.38. The summed E-state index contributed by atoms with van der Waals surface area (Å²) < 4.78 is 12.0. The van der Waals surface area contributed by atoms with E-state index < -0.39 is 22.9 Å². The normalized spacial score (nSPS) is 23.6. The number of carbonyl (C=O) groups is 3. The van der Waals surface area contributed by atoms with E-state index in [0.29, 0.717) is 34.3 Å². The molecule has 1 aliphatic carbocycles. The Morgan fingerprint density at radius 1 is 1.28 bits per heavy atom. The smallest absolute Gasteiger partial charge is 0.341 e. The molecule has 29 heavy (non-hydrogen) atoms. The number of halogens is 1. The third-order valence-corrected chi connectivity index (χ3v) is 5.67. The zero-order chi connectivity index (χ0) is 21.1. The van der Waals surface area contributed by atoms with E-state index in [9.17, 15) is 14.4 Å². The summed E-state index contributed by atoms with van der Waals surface area (Å²) >= 11 is 3.42. The fourth-order valence-electron chi connectivity index (χ4n) is 4.18. The van der Waals surface area contributed by atoms with Gasteiger partial charge in [-0.3, -0.25) is 9.59 Å². The Morgan fingerprint density at radius 3 is 2.69 bits per heavy atom. The number of nitrogens with one attached hydrogen (secondary N) is 1. The molecule has 0 saturated heterocycles. The standard InChI is InChI=1S/C21H21BrN2O5/c1-20(2,3)29-18(26)16-17(23)28-14-6-4-5-13(25)15(14)21(16)11-9-10(22)7-8-12(11)24-19(21)27/h7-9H,4-6,23H2,1-3H3,(H,24,27). The number of hydrogen-bond acceptors (Lipinski definition) is 6. The zero-order valence-electron chi connectivity index (χ0n) is 16.3. The Balaban J connectivity index is 2.05. The van der Waals surface area contributed by atoms with Crippen LogP contribution in [0.3, 0.4) is 0 Å². The molecule has 0 saturated carbocycles. The number of nitrogens with two attached hydrogens (primary N) is 1. The van der Waals surface area contributed by atoms with Gasteiger partial charge in [-0.1, -0.05) is 15.9 Å². The highest BCUT2D eigenvalue weighted by molar-refractivity contribution is 9.10. The van der Waals surface area contributed by atoms with Crippen molar-refractivity contribution in [3.05, 3.63) is 51.0 Å². The van der Waals surface area contributed by atoms with Gasteiger partial charge in [0.25, 0.3) is 0 Å². The highest BCUT2D eigenvalue weighted by Crippen LogP contribution is 2.54. The van der Waals surface area contributed by atoms with Crippen molar-refractivity contribution in [3.63, 3.8) is 0 Å². The number of carbonyl (C=O) groups excluding carboxylic acids is 3. The van der Waals surface area contributed by atoms with Crippen molar-refractivity contribution in [1.29, 1.82) is 0 Å². The quantitative estimate of drug-likeness (QED) is 0.623. The molecule has 0 bridgehead atoms. The molecular formula is C21H21BrN2O5. The van der Waals surface area contributed by atoms with Crippen LogP contribution in [0.1, 0.15) is 45.6 Å². The fraction of sp³-hybridized carbons (Fsp3) is 0.381. The van der Waals surface area contributed by atoms with Crippen LogP contribution in [-0.4, -0.2) is 23.3 Å². The van der Waals surface area contributed by atoms with Crippen LogP contribution in [0, 0.1) is 0 Å². The molecule has 1 unspecified atom stereocenters. The Labute approximate surface area is 176 Å². The molecule has 2 heterocycles. The Morgan fingerprint density at radius 2 is 2.00 bits per heavy atom. The maximum atomic E-state index is 13.5. The molecule has 1 aromatic carbocycles. The lowest BCUT2D eigenvalue weighted by molar-refractivity contribution is -0.151. The molecule has 0 aromatic heterocycles. The van der Waals surface area contributed by atoms with Crippen molar-refractivity contribution >= 4 is 39.3 Å². The van der Waals surface area contributed by atoms with Gasteiger partial charge in [0.1, 0.15) is 22.3 Å². The van der Waals surface area contributed by atoms with Crippen molar-refractivity contribution in [1.82, 2.24) is 0 Å². The molecule has 7 nitrogen and oxygen atoms in total. The topological polar surface area (TPSA) is 108 Å². The van der Waals surface area contributed by atoms with Gasteiger partial charge in [-0.25, -0.2) is 4.79 Å². The highest BCUT2D eigenvalue weighted by atomic mass is 79.9. The van der Waals surface area contributed by atoms with E-state index >= 15 is 0 Å². The minimum absolute atomic E-state index is 0.157. The van der Waals surface area contributed by atoms with Crippen LogP contribution < -0.4 is 11.1 Å². The van der Waals surface area contributed by atoms with E-state index in [1.54, 1.807) is 39.0 Å². The number of amides is 1. The number of Topliss-reactive ketones (excluding diaryl/α,β-unsaturated/α-hetero) is 1. The highest BCUT2D eigenvalue weighted by Gasteiger charge is 2.62. The van der Waals surface area contributed by atoms with Gasteiger partial charge < -0.3 is 20.5 Å². The van der Waals surface area contributed by atoms with E-state index in [1.807, 2.05) is 0 Å². The van der Waals surface area contributed by atoms with Gasteiger partial charge in [0.15, 0.2) is 5.78 Å². The first-order valence-electron chi connectivity index (χ1n) is 9.35. The van der Waals surface area contributed by atoms with Crippen molar-refractivity contribution in [2.24, 2.45) is 5.73 Å². The SMILES string of the molecule is CC(C)(C)OC(=O)C1=C(N)OC2=C(C(=O)CCC2)C12C(=O)Nc1ccc(Br)cc12. The van der Waals surface area contributed by atoms with Crippen molar-refractivity contribution < 1.29 is 23.9 Å². The summed E-state index contributed by atoms with van der Waals surface area (Å²) in [6.45, 7) is 5.15. The average Bonchev–Trinajstić information content (AvgIpc) is 2.86. The minimum Gasteiger partial charge on any atom is -0.456 e. The number of allylic oxidation sites excluding steroid dienone is 1. The maximum Gasteiger partial charge on any atom is 0.341 e. The number of rotatable bonds is 1. The molecule has 4 rings (SSSR count). The number of anilines is 1. The summed E-state index contributed by atoms with van der Waals surface area (Å²) in [7, 11) is 0. The van der Waals surface area contributed by atoms with Crippen LogP contribution in [0.25, 0.3) is 0 Å². The monoisotopic (exact) mass is 460 g/mol. The van der Waals surface area contributed by atoms with Crippen molar-refractivity contribution in [2.45, 2.75) is 51.0 Å². The second kappa shape index (κ2) is 6.45. The predicted molar refractivity (Wildman–Crippen MR) is 108 cm³/mol. The summed E-state index contributed by atoms with van der Waals surface area (Å²) in [5.41, 5.74) is 4.67. The predicted octanol–water partition coefficient (Wildman–Crippen LogP) is 3.19. The first-order chi connectivity index (χ1) is 13.6. The van der Waals surface area contributed by atoms with Gasteiger partial charge >= 0.3 is 5.97 Å². The first-order valence-corrected chi connectivity index (χ1v) is 10.1. The second-order valence-corrected chi connectivity index (χ2v) is 9.23. The summed E-state index contributed by atoms with van der Waals surface area (Å²) in [6, 6.07) is 5.22. The number of benzene rings is 1. The molecule has 1 atom stereocenters. The molecule has 0 radical (unpaired) electrons. The van der Waals surface area contributed by atoms with E-state index in [0.717, 1.165) is 0 Å². The van der Waals surface area contributed by atoms with E-state index in [-0.39, 0.29) is 29.2 Å². The van der Waals surface area contributed by atoms with Crippen LogP contribution in [0.5, 0.6) is 0 Å². The molecule has 1 spiro atoms. The molecule has 1 amide bonds. The second-order valence-electron chi connectivity index (χ2n) is 8.31. The Hall–Kier alpha value is -2.61. The number of ether oxygens (including phenoxy) is 2. The van der Waals surface area contributed by atoms with Crippen molar-refractivity contribution in [3.8, 4) is 0 Å². The van der Waals surface area contributed by atoms with Crippen LogP contribution in [0.4, 0.5) is 5.69 Å². The van der Waals surface area contributed by atoms with Gasteiger partial charge in [0, 0.05) is 28.6 Å². The molecule has 3 N–H and O–H groups in total. The van der Waals surface area contributed by atoms with E-state index in [4.69, 9.17) is 15.2 Å². The molecule has 1 aromatic rings. The largest absolute Gasteiger partial charge is 0.456 e. The van der Waals surface area contributed by atoms with Gasteiger partial charge in [0.05, 0.1) is 5.57 Å². The number of fused-ring (bicyclic) bond motifs is 3. The van der Waals surface area contributed by atoms with E-state index in [1.165, 1.54) is 0 Å². The number of hydrogen-bond donors (Lipinski definition) is 2. The summed E-state index contributed by atoms with van der Waals surface area (Å²) in [5, 5.41) is 2.81. The molecule has 152 valence electrons. The number of esters is 1. The van der Waals surface area contributed by atoms with Crippen molar-refractivity contribution in [2.75, 3.05) is 5.32 Å². The minimum atomic E-state index is -1.70. The van der Waals surface area contributed by atoms with Gasteiger partial charge in [-0.15, -0.1) is 0 Å². The zero-order valence-corrected chi connectivity index (χ0v) is 17.9. The molecular weight excluding hydrogens is 440 g/mol. The molecule has 2 aliphatic heterocycles. The first kappa shape index (κ1) is 19.7. The fourth-order valence-corrected chi connectivity index (χ4v) is 4.54.